The van der Waals surface area contributed by atoms with E-state index in [2.05, 4.69) is 34.3 Å². The quantitative estimate of drug-likeness (QED) is 0.196. The first-order chi connectivity index (χ1) is 15.6. The van der Waals surface area contributed by atoms with Crippen molar-refractivity contribution in [3.8, 4) is 0 Å². The normalized spacial score (nSPS) is 45.2. The summed E-state index contributed by atoms with van der Waals surface area (Å²) in [5.74, 6) is -1.33. The Morgan fingerprint density at radius 3 is 2.59 bits per heavy atom. The van der Waals surface area contributed by atoms with Gasteiger partial charge in [-0.1, -0.05) is 26.8 Å². The average Bonchev–Trinajstić information content (AvgIpc) is 2.75. The summed E-state index contributed by atoms with van der Waals surface area (Å²) >= 11 is 4.51. The summed E-state index contributed by atoms with van der Waals surface area (Å²) in [6.45, 7) is 12.6. The second kappa shape index (κ2) is 8.76. The molecule has 4 N–H and O–H groups in total. The number of fused-ring (bicyclic) bond motifs is 3. The number of carbonyl (C=O) groups is 2. The summed E-state index contributed by atoms with van der Waals surface area (Å²) in [6.07, 6.45) is -2.56. The molecule has 190 valence electrons. The molecule has 0 aromatic heterocycles. The van der Waals surface area contributed by atoms with E-state index in [-0.39, 0.29) is 19.5 Å². The zero-order chi connectivity index (χ0) is 25.7. The van der Waals surface area contributed by atoms with Crippen molar-refractivity contribution in [2.24, 2.45) is 21.7 Å². The highest BCUT2D eigenvalue weighted by molar-refractivity contribution is 7.78. The van der Waals surface area contributed by atoms with Gasteiger partial charge < -0.3 is 30.1 Å². The maximum Gasteiger partial charge on any atom is 0.407 e. The number of hydrogen-bond donors (Lipinski definition) is 4. The molecule has 10 heteroatoms. The topological polar surface area (TPSA) is 138 Å². The largest absolute Gasteiger partial charge is 0.440 e. The lowest BCUT2D eigenvalue weighted by molar-refractivity contribution is -0.369. The summed E-state index contributed by atoms with van der Waals surface area (Å²) in [4.78, 5) is 30.2. The van der Waals surface area contributed by atoms with E-state index in [1.54, 1.807) is 13.8 Å². The van der Waals surface area contributed by atoms with Crippen LogP contribution >= 0.6 is 12.2 Å². The van der Waals surface area contributed by atoms with Crippen LogP contribution in [0, 0.1) is 16.7 Å². The van der Waals surface area contributed by atoms with Gasteiger partial charge >= 0.3 is 6.09 Å². The number of thiocarbonyl (C=S) groups is 1. The monoisotopic (exact) mass is 496 g/mol. The summed E-state index contributed by atoms with van der Waals surface area (Å²) < 4.78 is 12.0. The van der Waals surface area contributed by atoms with Crippen LogP contribution in [0.4, 0.5) is 4.79 Å². The Balaban J connectivity index is 2.15. The lowest BCUT2D eigenvalue weighted by atomic mass is 9.40. The second-order valence-electron chi connectivity index (χ2n) is 11.1. The Morgan fingerprint density at radius 1 is 1.35 bits per heavy atom. The van der Waals surface area contributed by atoms with Crippen LogP contribution < -0.4 is 5.32 Å². The minimum absolute atomic E-state index is 0.113. The first-order valence-electron chi connectivity index (χ1n) is 11.6. The molecule has 0 aromatic rings. The molecular weight excluding hydrogens is 460 g/mol. The number of aliphatic hydroxyl groups excluding tert-OH is 2. The molecule has 0 bridgehead atoms. The molecule has 1 saturated heterocycles. The maximum absolute atomic E-state index is 13.8. The van der Waals surface area contributed by atoms with Gasteiger partial charge in [-0.05, 0) is 44.3 Å². The third kappa shape index (κ3) is 3.67. The van der Waals surface area contributed by atoms with Gasteiger partial charge in [0, 0.05) is 24.3 Å². The number of Topliss-reactive ketones (excluding diaryl/α,β-unsaturated/α-hetero) is 1. The van der Waals surface area contributed by atoms with Crippen LogP contribution in [0.3, 0.4) is 0 Å². The first kappa shape index (κ1) is 26.9. The number of aliphatic hydroxyl groups is 3. The molecular formula is C24H36N2O7S. The van der Waals surface area contributed by atoms with Crippen molar-refractivity contribution in [1.82, 2.24) is 5.32 Å². The molecule has 1 heterocycles. The summed E-state index contributed by atoms with van der Waals surface area (Å²) in [6, 6.07) is 0. The van der Waals surface area contributed by atoms with Crippen LogP contribution in [0.5, 0.6) is 0 Å². The Labute approximate surface area is 205 Å². The Kier molecular flexibility index (Phi) is 6.94. The van der Waals surface area contributed by atoms with Gasteiger partial charge in [0.2, 0.25) is 0 Å². The Hall–Kier alpha value is -1.68. The smallest absolute Gasteiger partial charge is 0.407 e. The van der Waals surface area contributed by atoms with Crippen LogP contribution in [0.25, 0.3) is 0 Å². The molecule has 1 aliphatic heterocycles. The molecule has 0 spiro atoms. The molecule has 3 aliphatic rings. The lowest BCUT2D eigenvalue weighted by Crippen LogP contribution is -2.86. The van der Waals surface area contributed by atoms with Gasteiger partial charge in [-0.2, -0.15) is 0 Å². The SMILES string of the molecule is C=C[C@@]1(C)CC(=O)[C@]2(O)[C@@]3(C)[C@@H](O)CCC(C)(C)[C@@H]3[C@H](O)[C@H](OC(=O)NCCN=C=S)[C@@]2(C)O1. The van der Waals surface area contributed by atoms with Crippen molar-refractivity contribution in [3.63, 3.8) is 0 Å². The number of rotatable bonds is 5. The fourth-order valence-electron chi connectivity index (χ4n) is 6.90. The van der Waals surface area contributed by atoms with Crippen molar-refractivity contribution in [2.45, 2.75) is 89.0 Å². The number of hydrogen-bond acceptors (Lipinski definition) is 9. The number of amides is 1. The van der Waals surface area contributed by atoms with Gasteiger partial charge in [0.1, 0.15) is 5.60 Å². The molecule has 8 atom stereocenters. The fourth-order valence-corrected chi connectivity index (χ4v) is 6.99. The van der Waals surface area contributed by atoms with Crippen molar-refractivity contribution < 1.29 is 34.4 Å². The van der Waals surface area contributed by atoms with Crippen LogP contribution in [0.2, 0.25) is 0 Å². The van der Waals surface area contributed by atoms with E-state index in [9.17, 15) is 24.9 Å². The highest BCUT2D eigenvalue weighted by Gasteiger charge is 2.81. The predicted molar refractivity (Wildman–Crippen MR) is 127 cm³/mol. The zero-order valence-electron chi connectivity index (χ0n) is 20.5. The van der Waals surface area contributed by atoms with Crippen molar-refractivity contribution in [2.75, 3.05) is 13.1 Å². The van der Waals surface area contributed by atoms with Gasteiger partial charge in [-0.15, -0.1) is 6.58 Å². The van der Waals surface area contributed by atoms with Crippen LogP contribution in [0.1, 0.15) is 53.9 Å². The van der Waals surface area contributed by atoms with Gasteiger partial charge in [-0.3, -0.25) is 4.79 Å². The Bertz CT molecular complexity index is 921. The minimum atomic E-state index is -2.25. The molecule has 34 heavy (non-hydrogen) atoms. The van der Waals surface area contributed by atoms with E-state index >= 15 is 0 Å². The number of aliphatic imine (C=N–C) groups is 1. The van der Waals surface area contributed by atoms with E-state index in [1.165, 1.54) is 13.0 Å². The standard InChI is InChI=1S/C24H36N2O7S/c1-7-21(4)12-15(28)24(31)22(5)14(27)8-9-20(2,3)17(22)16(29)18(23(24,6)33-21)32-19(30)26-11-10-25-13-34/h7,14,16-18,27,29,31H,1,8-12H2,2-6H3,(H,26,30)/t14-,16-,17-,18-,21-,22-,23+,24-/m0/s1. The zero-order valence-corrected chi connectivity index (χ0v) is 21.3. The van der Waals surface area contributed by atoms with Crippen molar-refractivity contribution >= 4 is 29.3 Å². The molecule has 3 fully saturated rings. The van der Waals surface area contributed by atoms with Gasteiger partial charge in [0.25, 0.3) is 0 Å². The van der Waals surface area contributed by atoms with Crippen LogP contribution in [0.15, 0.2) is 17.6 Å². The summed E-state index contributed by atoms with van der Waals surface area (Å²) in [5.41, 5.74) is -7.37. The predicted octanol–water partition coefficient (Wildman–Crippen LogP) is 1.79. The lowest BCUT2D eigenvalue weighted by Gasteiger charge is -2.71. The van der Waals surface area contributed by atoms with E-state index < -0.39 is 63.7 Å². The minimum Gasteiger partial charge on any atom is -0.440 e. The van der Waals surface area contributed by atoms with Crippen LogP contribution in [-0.2, 0) is 14.3 Å². The molecule has 2 aliphatic carbocycles. The summed E-state index contributed by atoms with van der Waals surface area (Å²) in [5, 5.41) is 40.0. The third-order valence-corrected chi connectivity index (χ3v) is 8.65. The number of ether oxygens (including phenoxy) is 2. The van der Waals surface area contributed by atoms with Gasteiger partial charge in [-0.25, -0.2) is 9.79 Å². The van der Waals surface area contributed by atoms with Crippen molar-refractivity contribution in [3.05, 3.63) is 12.7 Å². The molecule has 0 unspecified atom stereocenters. The highest BCUT2D eigenvalue weighted by Crippen LogP contribution is 2.67. The number of carbonyl (C=O) groups excluding carboxylic acids is 2. The molecule has 0 aromatic carbocycles. The summed E-state index contributed by atoms with van der Waals surface area (Å²) in [7, 11) is 0. The number of nitrogens with one attached hydrogen (secondary N) is 1. The molecule has 1 amide bonds. The highest BCUT2D eigenvalue weighted by atomic mass is 32.1. The number of nitrogens with zero attached hydrogens (tertiary/aromatic N) is 1. The number of ketones is 1. The second-order valence-corrected chi connectivity index (χ2v) is 11.2. The van der Waals surface area contributed by atoms with Crippen LogP contribution in [-0.4, -0.2) is 80.6 Å². The van der Waals surface area contributed by atoms with E-state index in [0.29, 0.717) is 12.8 Å². The molecule has 9 nitrogen and oxygen atoms in total. The molecule has 3 rings (SSSR count). The van der Waals surface area contributed by atoms with Crippen molar-refractivity contribution in [1.29, 1.82) is 0 Å². The molecule has 2 saturated carbocycles. The number of isothiocyanates is 1. The maximum atomic E-state index is 13.8. The average molecular weight is 497 g/mol. The van der Waals surface area contributed by atoms with E-state index in [1.807, 2.05) is 13.8 Å². The van der Waals surface area contributed by atoms with Gasteiger partial charge in [0.15, 0.2) is 17.5 Å². The molecule has 0 radical (unpaired) electrons. The van der Waals surface area contributed by atoms with Gasteiger partial charge in [0.05, 0.1) is 29.5 Å². The fraction of sp³-hybridized carbons (Fsp3) is 0.792. The van der Waals surface area contributed by atoms with E-state index in [0.717, 1.165) is 0 Å². The Morgan fingerprint density at radius 2 is 2.00 bits per heavy atom. The first-order valence-corrected chi connectivity index (χ1v) is 12.0. The third-order valence-electron chi connectivity index (χ3n) is 8.52. The number of alkyl carbamates (subject to hydrolysis) is 1. The van der Waals surface area contributed by atoms with E-state index in [4.69, 9.17) is 9.47 Å².